The van der Waals surface area contributed by atoms with Crippen LogP contribution in [0, 0.1) is 40.9 Å². The molecule has 0 aliphatic heterocycles. The van der Waals surface area contributed by atoms with E-state index in [2.05, 4.69) is 30.4 Å². The summed E-state index contributed by atoms with van der Waals surface area (Å²) in [5.41, 5.74) is 1.28. The van der Waals surface area contributed by atoms with E-state index in [1.54, 1.807) is 0 Å². The maximum atomic E-state index is 12.8. The van der Waals surface area contributed by atoms with Gasteiger partial charge in [0.15, 0.2) is 5.78 Å². The highest BCUT2D eigenvalue weighted by molar-refractivity contribution is 5.99. The van der Waals surface area contributed by atoms with E-state index in [0.717, 1.165) is 17.4 Å². The summed E-state index contributed by atoms with van der Waals surface area (Å²) in [5.74, 6) is 4.02. The van der Waals surface area contributed by atoms with Crippen LogP contribution in [-0.2, 0) is 4.79 Å². The number of fused-ring (bicyclic) bond motifs is 4. The highest BCUT2D eigenvalue weighted by atomic mass is 16.1. The molecule has 2 fully saturated rings. The maximum Gasteiger partial charge on any atom is 0.165 e. The molecule has 7 atom stereocenters. The summed E-state index contributed by atoms with van der Waals surface area (Å²) >= 11 is 0. The Labute approximate surface area is 114 Å². The normalized spacial score (nSPS) is 56.3. The van der Waals surface area contributed by atoms with Crippen molar-refractivity contribution in [1.29, 1.82) is 0 Å². The Balaban J connectivity index is 1.76. The van der Waals surface area contributed by atoms with Crippen LogP contribution in [0.4, 0.5) is 0 Å². The number of Topliss-reactive ketones (excluding diaryl/α,β-unsaturated/α-hetero) is 1. The summed E-state index contributed by atoms with van der Waals surface area (Å²) in [5, 5.41) is 0. The van der Waals surface area contributed by atoms with Gasteiger partial charge in [0, 0.05) is 17.3 Å². The Morgan fingerprint density at radius 2 is 1.95 bits per heavy atom. The number of hydrogen-bond donors (Lipinski definition) is 0. The smallest absolute Gasteiger partial charge is 0.165 e. The monoisotopic (exact) mass is 252 g/mol. The molecule has 0 saturated heterocycles. The lowest BCUT2D eigenvalue weighted by Gasteiger charge is -2.50. The van der Waals surface area contributed by atoms with E-state index in [0.29, 0.717) is 23.5 Å². The first-order valence-corrected chi connectivity index (χ1v) is 7.82. The van der Waals surface area contributed by atoms with Crippen molar-refractivity contribution in [2.24, 2.45) is 40.9 Å². The van der Waals surface area contributed by atoms with Crippen LogP contribution in [-0.4, -0.2) is 5.78 Å². The molecule has 0 unspecified atom stereocenters. The minimum Gasteiger partial charge on any atom is -0.294 e. The third-order valence-electron chi connectivity index (χ3n) is 6.96. The van der Waals surface area contributed by atoms with Crippen molar-refractivity contribution in [1.82, 2.24) is 0 Å². The fourth-order valence-corrected chi connectivity index (χ4v) is 6.45. The van der Waals surface area contributed by atoms with Gasteiger partial charge in [-0.25, -0.2) is 0 Å². The van der Waals surface area contributed by atoms with Gasteiger partial charge < -0.3 is 0 Å². The average molecular weight is 252 g/mol. The molecular formula is C18H20O. The number of carbonyl (C=O) groups excluding carboxylic acids is 1. The maximum absolute atomic E-state index is 12.8. The molecule has 6 aliphatic carbocycles. The van der Waals surface area contributed by atoms with E-state index in [-0.39, 0.29) is 11.3 Å². The molecule has 1 spiro atoms. The van der Waals surface area contributed by atoms with E-state index >= 15 is 0 Å². The summed E-state index contributed by atoms with van der Waals surface area (Å²) in [6, 6.07) is 0. The average Bonchev–Trinajstić information content (AvgIpc) is 3.05. The molecular weight excluding hydrogens is 232 g/mol. The van der Waals surface area contributed by atoms with Gasteiger partial charge in [0.05, 0.1) is 0 Å². The molecule has 4 bridgehead atoms. The first-order chi connectivity index (χ1) is 9.23. The molecule has 6 rings (SSSR count). The molecule has 0 aromatic rings. The van der Waals surface area contributed by atoms with Crippen molar-refractivity contribution in [3.05, 3.63) is 36.0 Å². The van der Waals surface area contributed by atoms with Crippen LogP contribution in [0.15, 0.2) is 36.0 Å². The number of ketones is 1. The van der Waals surface area contributed by atoms with Gasteiger partial charge in [-0.05, 0) is 55.4 Å². The van der Waals surface area contributed by atoms with Crippen molar-refractivity contribution >= 4 is 5.78 Å². The standard InChI is InChI=1S/C18H20O/c1-10-8-11-3-5-16(17(10)19)18-13-4-2-12(9-13)15(18)7-6-14(11)18/h3,5-8,11-16H,2,4,9H2,1H3/t11-,12+,13+,14+,15-,16+,18+/m1/s1. The fraction of sp³-hybridized carbons (Fsp3) is 0.611. The summed E-state index contributed by atoms with van der Waals surface area (Å²) < 4.78 is 0. The predicted molar refractivity (Wildman–Crippen MR) is 74.3 cm³/mol. The fourth-order valence-electron chi connectivity index (χ4n) is 6.45. The quantitative estimate of drug-likeness (QED) is 0.603. The lowest BCUT2D eigenvalue weighted by molar-refractivity contribution is -0.125. The number of allylic oxidation sites excluding steroid dienone is 6. The van der Waals surface area contributed by atoms with Crippen LogP contribution in [0.25, 0.3) is 0 Å². The van der Waals surface area contributed by atoms with E-state index in [1.807, 2.05) is 6.92 Å². The largest absolute Gasteiger partial charge is 0.294 e. The molecule has 2 saturated carbocycles. The van der Waals surface area contributed by atoms with Gasteiger partial charge in [-0.1, -0.05) is 30.4 Å². The van der Waals surface area contributed by atoms with Crippen LogP contribution in [0.3, 0.4) is 0 Å². The first-order valence-electron chi connectivity index (χ1n) is 7.82. The zero-order valence-corrected chi connectivity index (χ0v) is 11.4. The second-order valence-electron chi connectivity index (χ2n) is 7.36. The zero-order valence-electron chi connectivity index (χ0n) is 11.4. The number of hydrogen-bond acceptors (Lipinski definition) is 1. The van der Waals surface area contributed by atoms with Crippen LogP contribution < -0.4 is 0 Å². The van der Waals surface area contributed by atoms with Crippen molar-refractivity contribution < 1.29 is 4.79 Å². The SMILES string of the molecule is CC1=C[C@H]2C=C[C@@H](C1=O)[C@]13[C@H]4CC[C@@H](C4)[C@H]1C=C[C@@H]23. The highest BCUT2D eigenvalue weighted by Gasteiger charge is 2.68. The third-order valence-corrected chi connectivity index (χ3v) is 6.96. The summed E-state index contributed by atoms with van der Waals surface area (Å²) in [4.78, 5) is 12.8. The van der Waals surface area contributed by atoms with Crippen molar-refractivity contribution in [2.75, 3.05) is 0 Å². The molecule has 0 N–H and O–H groups in total. The molecule has 0 radical (unpaired) electrons. The highest BCUT2D eigenvalue weighted by Crippen LogP contribution is 2.72. The Hall–Kier alpha value is -1.11. The molecule has 0 aromatic heterocycles. The van der Waals surface area contributed by atoms with Gasteiger partial charge in [-0.3, -0.25) is 4.79 Å². The van der Waals surface area contributed by atoms with E-state index < -0.39 is 0 Å². The van der Waals surface area contributed by atoms with Gasteiger partial charge in [-0.2, -0.15) is 0 Å². The van der Waals surface area contributed by atoms with Crippen molar-refractivity contribution in [2.45, 2.75) is 26.2 Å². The molecule has 0 amide bonds. The van der Waals surface area contributed by atoms with E-state index in [1.165, 1.54) is 19.3 Å². The van der Waals surface area contributed by atoms with Crippen LogP contribution in [0.2, 0.25) is 0 Å². The summed E-state index contributed by atoms with van der Waals surface area (Å²) in [6.07, 6.45) is 15.9. The minimum absolute atomic E-state index is 0.169. The molecule has 19 heavy (non-hydrogen) atoms. The Kier molecular flexibility index (Phi) is 1.76. The van der Waals surface area contributed by atoms with Crippen LogP contribution in [0.1, 0.15) is 26.2 Å². The third kappa shape index (κ3) is 0.978. The van der Waals surface area contributed by atoms with Gasteiger partial charge in [0.1, 0.15) is 0 Å². The topological polar surface area (TPSA) is 17.1 Å². The van der Waals surface area contributed by atoms with Crippen molar-refractivity contribution in [3.8, 4) is 0 Å². The van der Waals surface area contributed by atoms with Crippen LogP contribution in [0.5, 0.6) is 0 Å². The molecule has 98 valence electrons. The predicted octanol–water partition coefficient (Wildman–Crippen LogP) is 3.54. The second kappa shape index (κ2) is 3.13. The van der Waals surface area contributed by atoms with Gasteiger partial charge >= 0.3 is 0 Å². The van der Waals surface area contributed by atoms with Crippen LogP contribution >= 0.6 is 0 Å². The van der Waals surface area contributed by atoms with E-state index in [9.17, 15) is 4.79 Å². The lowest BCUT2D eigenvalue weighted by Crippen LogP contribution is -2.49. The Bertz CT molecular complexity index is 566. The first kappa shape index (κ1) is 10.7. The Morgan fingerprint density at radius 1 is 1.11 bits per heavy atom. The number of carbonyl (C=O) groups is 1. The van der Waals surface area contributed by atoms with Gasteiger partial charge in [-0.15, -0.1) is 0 Å². The number of rotatable bonds is 0. The van der Waals surface area contributed by atoms with Crippen molar-refractivity contribution in [3.63, 3.8) is 0 Å². The molecule has 1 nitrogen and oxygen atoms in total. The lowest BCUT2D eigenvalue weighted by atomic mass is 9.52. The Morgan fingerprint density at radius 3 is 2.84 bits per heavy atom. The van der Waals surface area contributed by atoms with Gasteiger partial charge in [0.25, 0.3) is 0 Å². The molecule has 1 heteroatoms. The van der Waals surface area contributed by atoms with E-state index in [4.69, 9.17) is 0 Å². The molecule has 0 heterocycles. The van der Waals surface area contributed by atoms with Gasteiger partial charge in [0.2, 0.25) is 0 Å². The minimum atomic E-state index is 0.169. The summed E-state index contributed by atoms with van der Waals surface area (Å²) in [7, 11) is 0. The zero-order chi connectivity index (χ0) is 12.8. The summed E-state index contributed by atoms with van der Waals surface area (Å²) in [6.45, 7) is 2.03. The molecule has 6 aliphatic rings. The molecule has 0 aromatic carbocycles. The second-order valence-corrected chi connectivity index (χ2v) is 7.36.